The summed E-state index contributed by atoms with van der Waals surface area (Å²) in [7, 11) is -3.53. The van der Waals surface area contributed by atoms with Crippen LogP contribution in [0.25, 0.3) is 0 Å². The van der Waals surface area contributed by atoms with Crippen LogP contribution >= 0.6 is 0 Å². The van der Waals surface area contributed by atoms with E-state index < -0.39 is 10.0 Å². The highest BCUT2D eigenvalue weighted by Crippen LogP contribution is 2.39. The van der Waals surface area contributed by atoms with Crippen molar-refractivity contribution in [2.24, 2.45) is 11.7 Å². The zero-order valence-corrected chi connectivity index (χ0v) is 13.0. The lowest BCUT2D eigenvalue weighted by atomic mass is 10.1. The van der Waals surface area contributed by atoms with Crippen LogP contribution < -0.4 is 10.5 Å². The van der Waals surface area contributed by atoms with Gasteiger partial charge >= 0.3 is 0 Å². The Morgan fingerprint density at radius 3 is 2.76 bits per heavy atom. The summed E-state index contributed by atoms with van der Waals surface area (Å²) in [5.74, 6) is 0.525. The average molecular weight is 310 g/mol. The number of rotatable bonds is 5. The van der Waals surface area contributed by atoms with E-state index in [0.717, 1.165) is 30.4 Å². The zero-order chi connectivity index (χ0) is 15.0. The lowest BCUT2D eigenvalue weighted by Gasteiger charge is -2.20. The van der Waals surface area contributed by atoms with Gasteiger partial charge in [-0.3, -0.25) is 0 Å². The van der Waals surface area contributed by atoms with E-state index >= 15 is 0 Å². The maximum atomic E-state index is 12.7. The first kappa shape index (κ1) is 15.0. The molecule has 3 rings (SSSR count). The van der Waals surface area contributed by atoms with Crippen LogP contribution in [-0.4, -0.2) is 27.2 Å². The molecule has 6 heteroatoms. The van der Waals surface area contributed by atoms with Crippen molar-refractivity contribution in [3.63, 3.8) is 0 Å². The maximum absolute atomic E-state index is 12.7. The quantitative estimate of drug-likeness (QED) is 0.859. The molecule has 1 aliphatic carbocycles. The average Bonchev–Trinajstić information content (AvgIpc) is 3.20. The summed E-state index contributed by atoms with van der Waals surface area (Å²) >= 11 is 0. The standard InChI is InChI=1S/C15H22N2O3S/c1-10-2-3-11(9-16)8-14(10)21(18,19)17-13-6-7-20-15(13)12-4-5-12/h2-3,8,12-13,15,17H,4-7,9,16H2,1H3. The molecule has 21 heavy (non-hydrogen) atoms. The fraction of sp³-hybridized carbons (Fsp3) is 0.600. The van der Waals surface area contributed by atoms with Crippen LogP contribution in [0.2, 0.25) is 0 Å². The largest absolute Gasteiger partial charge is 0.376 e. The molecule has 0 spiro atoms. The number of ether oxygens (including phenoxy) is 1. The molecular weight excluding hydrogens is 288 g/mol. The molecule has 3 N–H and O–H groups in total. The van der Waals surface area contributed by atoms with Crippen molar-refractivity contribution < 1.29 is 13.2 Å². The molecule has 2 unspecified atom stereocenters. The van der Waals surface area contributed by atoms with Gasteiger partial charge in [0.25, 0.3) is 0 Å². The molecule has 5 nitrogen and oxygen atoms in total. The molecule has 0 amide bonds. The predicted molar refractivity (Wildman–Crippen MR) is 80.3 cm³/mol. The van der Waals surface area contributed by atoms with Crippen molar-refractivity contribution in [1.29, 1.82) is 0 Å². The number of sulfonamides is 1. The summed E-state index contributed by atoms with van der Waals surface area (Å²) in [6.07, 6.45) is 3.07. The topological polar surface area (TPSA) is 81.4 Å². The SMILES string of the molecule is Cc1ccc(CN)cc1S(=O)(=O)NC1CCOC1C1CC1. The van der Waals surface area contributed by atoms with Crippen LogP contribution in [0.3, 0.4) is 0 Å². The van der Waals surface area contributed by atoms with E-state index in [2.05, 4.69) is 4.72 Å². The highest BCUT2D eigenvalue weighted by Gasteiger charge is 2.42. The highest BCUT2D eigenvalue weighted by molar-refractivity contribution is 7.89. The van der Waals surface area contributed by atoms with Gasteiger partial charge in [-0.1, -0.05) is 12.1 Å². The minimum absolute atomic E-state index is 0.0396. The van der Waals surface area contributed by atoms with E-state index in [0.29, 0.717) is 24.0 Å². The van der Waals surface area contributed by atoms with Gasteiger partial charge in [0.1, 0.15) is 0 Å². The smallest absolute Gasteiger partial charge is 0.241 e. The molecular formula is C15H22N2O3S. The van der Waals surface area contributed by atoms with Gasteiger partial charge in [-0.25, -0.2) is 13.1 Å². The van der Waals surface area contributed by atoms with E-state index in [4.69, 9.17) is 10.5 Å². The molecule has 1 aliphatic heterocycles. The van der Waals surface area contributed by atoms with Crippen molar-refractivity contribution in [1.82, 2.24) is 4.72 Å². The lowest BCUT2D eigenvalue weighted by Crippen LogP contribution is -2.41. The number of benzene rings is 1. The molecule has 2 atom stereocenters. The molecule has 2 aliphatic rings. The molecule has 1 heterocycles. The second-order valence-electron chi connectivity index (χ2n) is 5.99. The second kappa shape index (κ2) is 5.68. The normalized spacial score (nSPS) is 26.2. The van der Waals surface area contributed by atoms with Crippen molar-refractivity contribution in [3.05, 3.63) is 29.3 Å². The molecule has 0 radical (unpaired) electrons. The monoisotopic (exact) mass is 310 g/mol. The number of nitrogens with one attached hydrogen (secondary N) is 1. The maximum Gasteiger partial charge on any atom is 0.241 e. The number of hydrogen-bond acceptors (Lipinski definition) is 4. The Morgan fingerprint density at radius 2 is 2.10 bits per heavy atom. The molecule has 116 valence electrons. The van der Waals surface area contributed by atoms with Crippen LogP contribution in [-0.2, 0) is 21.3 Å². The summed E-state index contributed by atoms with van der Waals surface area (Å²) in [6, 6.07) is 5.23. The van der Waals surface area contributed by atoms with Crippen LogP contribution in [0.1, 0.15) is 30.4 Å². The minimum Gasteiger partial charge on any atom is -0.376 e. The van der Waals surface area contributed by atoms with Crippen molar-refractivity contribution in [2.45, 2.75) is 49.8 Å². The van der Waals surface area contributed by atoms with Gasteiger partial charge < -0.3 is 10.5 Å². The summed E-state index contributed by atoms with van der Waals surface area (Å²) in [5, 5.41) is 0. The Bertz CT molecular complexity index is 626. The summed E-state index contributed by atoms with van der Waals surface area (Å²) in [6.45, 7) is 2.77. The Labute approximate surface area is 125 Å². The molecule has 1 saturated heterocycles. The number of nitrogens with two attached hydrogens (primary N) is 1. The fourth-order valence-electron chi connectivity index (χ4n) is 2.95. The Hall–Kier alpha value is -0.950. The van der Waals surface area contributed by atoms with Crippen molar-refractivity contribution in [2.75, 3.05) is 6.61 Å². The second-order valence-corrected chi connectivity index (χ2v) is 7.68. The fourth-order valence-corrected chi connectivity index (χ4v) is 4.53. The van der Waals surface area contributed by atoms with E-state index in [-0.39, 0.29) is 12.1 Å². The summed E-state index contributed by atoms with van der Waals surface area (Å²) in [4.78, 5) is 0.326. The Balaban J connectivity index is 1.83. The van der Waals surface area contributed by atoms with Gasteiger partial charge in [-0.05, 0) is 49.3 Å². The van der Waals surface area contributed by atoms with Gasteiger partial charge in [0.15, 0.2) is 0 Å². The van der Waals surface area contributed by atoms with Crippen LogP contribution in [0.15, 0.2) is 23.1 Å². The third-order valence-electron chi connectivity index (χ3n) is 4.31. The first-order valence-electron chi connectivity index (χ1n) is 7.45. The summed E-state index contributed by atoms with van der Waals surface area (Å²) in [5.41, 5.74) is 7.17. The lowest BCUT2D eigenvalue weighted by molar-refractivity contribution is 0.0848. The number of hydrogen-bond donors (Lipinski definition) is 2. The summed E-state index contributed by atoms with van der Waals surface area (Å²) < 4.78 is 33.9. The zero-order valence-electron chi connectivity index (χ0n) is 12.2. The van der Waals surface area contributed by atoms with Crippen molar-refractivity contribution >= 4 is 10.0 Å². The van der Waals surface area contributed by atoms with E-state index in [1.165, 1.54) is 0 Å². The van der Waals surface area contributed by atoms with Gasteiger partial charge in [0.05, 0.1) is 17.0 Å². The Kier molecular flexibility index (Phi) is 4.05. The molecule has 2 fully saturated rings. The third-order valence-corrected chi connectivity index (χ3v) is 5.94. The first-order valence-corrected chi connectivity index (χ1v) is 8.93. The van der Waals surface area contributed by atoms with E-state index in [1.807, 2.05) is 6.07 Å². The van der Waals surface area contributed by atoms with Gasteiger partial charge in [0.2, 0.25) is 10.0 Å². The van der Waals surface area contributed by atoms with E-state index in [1.54, 1.807) is 19.1 Å². The molecule has 0 aromatic heterocycles. The molecule has 0 bridgehead atoms. The molecule has 1 saturated carbocycles. The molecule has 1 aromatic rings. The Morgan fingerprint density at radius 1 is 1.33 bits per heavy atom. The van der Waals surface area contributed by atoms with Crippen molar-refractivity contribution in [3.8, 4) is 0 Å². The van der Waals surface area contributed by atoms with Gasteiger partial charge in [-0.15, -0.1) is 0 Å². The first-order chi connectivity index (χ1) is 10.0. The van der Waals surface area contributed by atoms with Crippen LogP contribution in [0.5, 0.6) is 0 Å². The van der Waals surface area contributed by atoms with Gasteiger partial charge in [-0.2, -0.15) is 0 Å². The van der Waals surface area contributed by atoms with Gasteiger partial charge in [0, 0.05) is 13.2 Å². The van der Waals surface area contributed by atoms with Crippen LogP contribution in [0.4, 0.5) is 0 Å². The number of aryl methyl sites for hydroxylation is 1. The predicted octanol–water partition coefficient (Wildman–Crippen LogP) is 1.30. The highest BCUT2D eigenvalue weighted by atomic mass is 32.2. The molecule has 1 aromatic carbocycles. The van der Waals surface area contributed by atoms with E-state index in [9.17, 15) is 8.42 Å². The third kappa shape index (κ3) is 3.13. The minimum atomic E-state index is -3.53. The van der Waals surface area contributed by atoms with Crippen LogP contribution in [0, 0.1) is 12.8 Å².